The number of carbonyl (C=O) groups excluding carboxylic acids is 2. The van der Waals surface area contributed by atoms with Crippen molar-refractivity contribution in [1.29, 1.82) is 5.26 Å². The summed E-state index contributed by atoms with van der Waals surface area (Å²) in [6, 6.07) is 11.2. The summed E-state index contributed by atoms with van der Waals surface area (Å²) in [7, 11) is 0. The van der Waals surface area contributed by atoms with Crippen LogP contribution in [0.4, 0.5) is 0 Å². The summed E-state index contributed by atoms with van der Waals surface area (Å²) in [6.45, 7) is 0.389. The topological polar surface area (TPSA) is 86.4 Å². The van der Waals surface area contributed by atoms with Crippen molar-refractivity contribution in [3.8, 4) is 6.07 Å². The van der Waals surface area contributed by atoms with E-state index in [-0.39, 0.29) is 17.4 Å². The standard InChI is InChI=1S/C19H16N4O2S/c20-9-13-7-16(26-11-13)18(25)22-19(4-5-19)12-21-17(24)14-8-15-3-1-2-6-23(15)10-14/h1-3,6-8,10-11H,4-5,12H2,(H,21,24)(H,22,25). The summed E-state index contributed by atoms with van der Waals surface area (Å²) >= 11 is 1.25. The number of pyridine rings is 1. The number of rotatable bonds is 5. The van der Waals surface area contributed by atoms with Crippen LogP contribution in [0.2, 0.25) is 0 Å². The molecule has 0 aromatic carbocycles. The van der Waals surface area contributed by atoms with E-state index in [2.05, 4.69) is 10.6 Å². The molecule has 1 fully saturated rings. The summed E-state index contributed by atoms with van der Waals surface area (Å²) in [5.74, 6) is -0.352. The molecule has 4 rings (SSSR count). The SMILES string of the molecule is N#Cc1csc(C(=O)NC2(CNC(=O)c3cc4ccccn4c3)CC2)c1. The summed E-state index contributed by atoms with van der Waals surface area (Å²) in [5, 5.41) is 16.4. The molecule has 0 spiro atoms. The van der Waals surface area contributed by atoms with Gasteiger partial charge in [-0.05, 0) is 37.1 Å². The molecule has 130 valence electrons. The Morgan fingerprint density at radius 3 is 2.81 bits per heavy atom. The minimum Gasteiger partial charge on any atom is -0.350 e. The van der Waals surface area contributed by atoms with Gasteiger partial charge >= 0.3 is 0 Å². The molecule has 6 nitrogen and oxygen atoms in total. The first kappa shape index (κ1) is 16.4. The fourth-order valence-corrected chi connectivity index (χ4v) is 3.57. The predicted octanol–water partition coefficient (Wildman–Crippen LogP) is 2.56. The molecular weight excluding hydrogens is 348 g/mol. The highest BCUT2D eigenvalue weighted by molar-refractivity contribution is 7.12. The molecular formula is C19H16N4O2S. The molecule has 0 bridgehead atoms. The van der Waals surface area contributed by atoms with Crippen LogP contribution in [0.1, 0.15) is 38.4 Å². The zero-order valence-electron chi connectivity index (χ0n) is 13.9. The van der Waals surface area contributed by atoms with E-state index in [1.807, 2.05) is 40.9 Å². The van der Waals surface area contributed by atoms with Gasteiger partial charge in [-0.1, -0.05) is 6.07 Å². The van der Waals surface area contributed by atoms with Gasteiger partial charge in [-0.15, -0.1) is 11.3 Å². The maximum atomic E-state index is 12.4. The molecule has 2 N–H and O–H groups in total. The number of hydrogen-bond donors (Lipinski definition) is 2. The number of aromatic nitrogens is 1. The molecule has 1 aliphatic rings. The number of fused-ring (bicyclic) bond motifs is 1. The van der Waals surface area contributed by atoms with Gasteiger partial charge in [0.2, 0.25) is 0 Å². The van der Waals surface area contributed by atoms with Crippen LogP contribution in [-0.4, -0.2) is 28.3 Å². The van der Waals surface area contributed by atoms with E-state index in [1.165, 1.54) is 11.3 Å². The number of carbonyl (C=O) groups is 2. The van der Waals surface area contributed by atoms with Crippen LogP contribution in [0.3, 0.4) is 0 Å². The zero-order chi connectivity index (χ0) is 18.1. The van der Waals surface area contributed by atoms with E-state index in [4.69, 9.17) is 5.26 Å². The first-order valence-electron chi connectivity index (χ1n) is 8.25. The average molecular weight is 364 g/mol. The van der Waals surface area contributed by atoms with Gasteiger partial charge in [0.25, 0.3) is 11.8 Å². The van der Waals surface area contributed by atoms with Gasteiger partial charge in [0.1, 0.15) is 6.07 Å². The number of amides is 2. The Labute approximate surface area is 154 Å². The first-order valence-corrected chi connectivity index (χ1v) is 9.13. The molecule has 3 aromatic rings. The van der Waals surface area contributed by atoms with Gasteiger partial charge in [-0.2, -0.15) is 5.26 Å². The summed E-state index contributed by atoms with van der Waals surface area (Å²) in [4.78, 5) is 25.3. The first-order chi connectivity index (χ1) is 12.6. The van der Waals surface area contributed by atoms with Gasteiger partial charge < -0.3 is 15.0 Å². The number of nitrogens with one attached hydrogen (secondary N) is 2. The Balaban J connectivity index is 1.38. The molecule has 0 radical (unpaired) electrons. The van der Waals surface area contributed by atoms with E-state index >= 15 is 0 Å². The van der Waals surface area contributed by atoms with Crippen molar-refractivity contribution in [3.05, 3.63) is 64.1 Å². The molecule has 0 aliphatic heterocycles. The van der Waals surface area contributed by atoms with Crippen molar-refractivity contribution < 1.29 is 9.59 Å². The third-order valence-corrected chi connectivity index (χ3v) is 5.47. The van der Waals surface area contributed by atoms with Gasteiger partial charge in [-0.3, -0.25) is 9.59 Å². The Hall–Kier alpha value is -3.11. The van der Waals surface area contributed by atoms with E-state index in [0.29, 0.717) is 22.5 Å². The maximum absolute atomic E-state index is 12.4. The van der Waals surface area contributed by atoms with Crippen LogP contribution in [-0.2, 0) is 0 Å². The minimum absolute atomic E-state index is 0.155. The largest absolute Gasteiger partial charge is 0.350 e. The maximum Gasteiger partial charge on any atom is 0.261 e. The van der Waals surface area contributed by atoms with Gasteiger partial charge in [0.05, 0.1) is 21.5 Å². The molecule has 0 saturated heterocycles. The van der Waals surface area contributed by atoms with E-state index in [0.717, 1.165) is 18.4 Å². The van der Waals surface area contributed by atoms with Crippen molar-refractivity contribution in [3.63, 3.8) is 0 Å². The highest BCUT2D eigenvalue weighted by atomic mass is 32.1. The lowest BCUT2D eigenvalue weighted by Crippen LogP contribution is -2.45. The van der Waals surface area contributed by atoms with Crippen molar-refractivity contribution in [2.75, 3.05) is 6.54 Å². The Bertz CT molecular complexity index is 1010. The predicted molar refractivity (Wildman–Crippen MR) is 98.2 cm³/mol. The van der Waals surface area contributed by atoms with Crippen molar-refractivity contribution in [2.24, 2.45) is 0 Å². The summed E-state index contributed by atoms with van der Waals surface area (Å²) in [5.41, 5.74) is 1.65. The highest BCUT2D eigenvalue weighted by Crippen LogP contribution is 2.35. The third-order valence-electron chi connectivity index (χ3n) is 4.54. The summed E-state index contributed by atoms with van der Waals surface area (Å²) in [6.07, 6.45) is 5.34. The number of thiophene rings is 1. The molecule has 7 heteroatoms. The lowest BCUT2D eigenvalue weighted by molar-refractivity contribution is 0.0905. The molecule has 26 heavy (non-hydrogen) atoms. The molecule has 2 amide bonds. The Morgan fingerprint density at radius 2 is 2.12 bits per heavy atom. The number of nitriles is 1. The normalized spacial score (nSPS) is 14.6. The van der Waals surface area contributed by atoms with Crippen molar-refractivity contribution >= 4 is 28.7 Å². The van der Waals surface area contributed by atoms with Crippen LogP contribution in [0.5, 0.6) is 0 Å². The molecule has 3 aromatic heterocycles. The lowest BCUT2D eigenvalue weighted by atomic mass is 10.2. The van der Waals surface area contributed by atoms with Gasteiger partial charge in [0, 0.05) is 29.8 Å². The molecule has 0 atom stereocenters. The average Bonchev–Trinajstić information content (AvgIpc) is 3.09. The van der Waals surface area contributed by atoms with Crippen molar-refractivity contribution in [2.45, 2.75) is 18.4 Å². The van der Waals surface area contributed by atoms with Crippen LogP contribution in [0, 0.1) is 11.3 Å². The Morgan fingerprint density at radius 1 is 1.27 bits per heavy atom. The van der Waals surface area contributed by atoms with Gasteiger partial charge in [0.15, 0.2) is 0 Å². The molecule has 1 saturated carbocycles. The second-order valence-corrected chi connectivity index (χ2v) is 7.40. The van der Waals surface area contributed by atoms with E-state index in [1.54, 1.807) is 17.6 Å². The third kappa shape index (κ3) is 3.19. The van der Waals surface area contributed by atoms with Crippen LogP contribution < -0.4 is 10.6 Å². The monoisotopic (exact) mass is 364 g/mol. The molecule has 0 unspecified atom stereocenters. The fourth-order valence-electron chi connectivity index (χ4n) is 2.84. The summed E-state index contributed by atoms with van der Waals surface area (Å²) < 4.78 is 1.90. The fraction of sp³-hybridized carbons (Fsp3) is 0.211. The molecule has 1 aliphatic carbocycles. The zero-order valence-corrected chi connectivity index (χ0v) is 14.7. The van der Waals surface area contributed by atoms with E-state index in [9.17, 15) is 9.59 Å². The quantitative estimate of drug-likeness (QED) is 0.729. The Kier molecular flexibility index (Phi) is 3.98. The van der Waals surface area contributed by atoms with E-state index < -0.39 is 0 Å². The lowest BCUT2D eigenvalue weighted by Gasteiger charge is -2.17. The van der Waals surface area contributed by atoms with Gasteiger partial charge in [-0.25, -0.2) is 0 Å². The van der Waals surface area contributed by atoms with Crippen LogP contribution >= 0.6 is 11.3 Å². The van der Waals surface area contributed by atoms with Crippen LogP contribution in [0.15, 0.2) is 48.1 Å². The van der Waals surface area contributed by atoms with Crippen LogP contribution in [0.25, 0.3) is 5.52 Å². The second kappa shape index (κ2) is 6.32. The smallest absolute Gasteiger partial charge is 0.261 e. The number of hydrogen-bond acceptors (Lipinski definition) is 4. The number of nitrogens with zero attached hydrogens (tertiary/aromatic N) is 2. The minimum atomic E-state index is -0.386. The molecule has 3 heterocycles. The van der Waals surface area contributed by atoms with Crippen molar-refractivity contribution in [1.82, 2.24) is 15.0 Å². The highest BCUT2D eigenvalue weighted by Gasteiger charge is 2.44. The second-order valence-electron chi connectivity index (χ2n) is 6.49.